The van der Waals surface area contributed by atoms with Crippen molar-refractivity contribution in [1.82, 2.24) is 9.88 Å². The van der Waals surface area contributed by atoms with Gasteiger partial charge >= 0.3 is 5.97 Å². The van der Waals surface area contributed by atoms with Gasteiger partial charge < -0.3 is 19.7 Å². The summed E-state index contributed by atoms with van der Waals surface area (Å²) in [4.78, 5) is 30.6. The second-order valence-corrected chi connectivity index (χ2v) is 7.05. The summed E-state index contributed by atoms with van der Waals surface area (Å²) in [5.74, 6) is 0.172. The van der Waals surface area contributed by atoms with Gasteiger partial charge in [-0.3, -0.25) is 15.0 Å². The van der Waals surface area contributed by atoms with Crippen molar-refractivity contribution in [1.29, 1.82) is 0 Å². The molecule has 0 atom stereocenters. The van der Waals surface area contributed by atoms with Gasteiger partial charge in [0.25, 0.3) is 5.69 Å². The molecule has 0 unspecified atom stereocenters. The Morgan fingerprint density at radius 3 is 2.66 bits per heavy atom. The Balaban J connectivity index is 1.95. The fraction of sp³-hybridized carbons (Fsp3) is 0.421. The van der Waals surface area contributed by atoms with E-state index in [1.165, 1.54) is 12.1 Å². The molecule has 0 aliphatic carbocycles. The van der Waals surface area contributed by atoms with Crippen LogP contribution < -0.4 is 4.90 Å². The largest absolute Gasteiger partial charge is 0.462 e. The predicted octanol–water partition coefficient (Wildman–Crippen LogP) is 2.53. The first-order valence-electron chi connectivity index (χ1n) is 9.37. The van der Waals surface area contributed by atoms with E-state index in [-0.39, 0.29) is 23.9 Å². The summed E-state index contributed by atoms with van der Waals surface area (Å²) in [6.45, 7) is 5.56. The van der Waals surface area contributed by atoms with Crippen molar-refractivity contribution in [3.05, 3.63) is 45.0 Å². The van der Waals surface area contributed by atoms with Gasteiger partial charge in [0, 0.05) is 50.0 Å². The smallest absolute Gasteiger partial charge is 0.341 e. The topological polar surface area (TPSA) is 112 Å². The van der Waals surface area contributed by atoms with Gasteiger partial charge in [0.05, 0.1) is 18.1 Å². The van der Waals surface area contributed by atoms with Crippen molar-refractivity contribution in [3.63, 3.8) is 0 Å². The zero-order valence-corrected chi connectivity index (χ0v) is 16.8. The SMILES string of the molecule is CCOC(=O)c1cc(-c2ccc(Cl)c([N+](=O)[O-])c2)[nH]c1N1CCN(CCO)CC1. The number of aliphatic hydroxyl groups is 1. The standard InChI is InChI=1S/C19H23ClN4O5/c1-2-29-19(26)14-12-16(13-3-4-15(20)17(11-13)24(27)28)21-18(14)23-7-5-22(6-8-23)9-10-25/h3-4,11-12,21,25H,2,5-10H2,1H3. The molecule has 10 heteroatoms. The van der Waals surface area contributed by atoms with E-state index < -0.39 is 10.9 Å². The number of aromatic amines is 1. The molecule has 156 valence electrons. The van der Waals surface area contributed by atoms with Crippen molar-refractivity contribution in [2.75, 3.05) is 50.8 Å². The van der Waals surface area contributed by atoms with E-state index in [4.69, 9.17) is 21.4 Å². The number of ether oxygens (including phenoxy) is 1. The molecule has 3 rings (SSSR count). The van der Waals surface area contributed by atoms with Crippen molar-refractivity contribution >= 4 is 29.1 Å². The van der Waals surface area contributed by atoms with Crippen LogP contribution in [-0.4, -0.2) is 71.8 Å². The van der Waals surface area contributed by atoms with Crippen molar-refractivity contribution in [2.24, 2.45) is 0 Å². The van der Waals surface area contributed by atoms with Gasteiger partial charge in [-0.15, -0.1) is 0 Å². The number of nitro benzene ring substituents is 1. The number of halogens is 1. The molecule has 2 aromatic rings. The Labute approximate surface area is 173 Å². The molecule has 1 aliphatic rings. The molecule has 2 N–H and O–H groups in total. The number of aromatic nitrogens is 1. The maximum Gasteiger partial charge on any atom is 0.341 e. The zero-order chi connectivity index (χ0) is 21.0. The number of rotatable bonds is 7. The first-order valence-corrected chi connectivity index (χ1v) is 9.75. The third-order valence-electron chi connectivity index (χ3n) is 4.85. The van der Waals surface area contributed by atoms with Gasteiger partial charge in [0.2, 0.25) is 0 Å². The third kappa shape index (κ3) is 4.69. The third-order valence-corrected chi connectivity index (χ3v) is 5.17. The van der Waals surface area contributed by atoms with Crippen LogP contribution in [0.1, 0.15) is 17.3 Å². The first-order chi connectivity index (χ1) is 13.9. The molecule has 1 aliphatic heterocycles. The van der Waals surface area contributed by atoms with Gasteiger partial charge in [-0.25, -0.2) is 4.79 Å². The van der Waals surface area contributed by atoms with Crippen LogP contribution in [0.2, 0.25) is 5.02 Å². The number of nitro groups is 1. The maximum absolute atomic E-state index is 12.5. The molecule has 29 heavy (non-hydrogen) atoms. The van der Waals surface area contributed by atoms with Crippen LogP contribution in [0.15, 0.2) is 24.3 Å². The summed E-state index contributed by atoms with van der Waals surface area (Å²) in [5.41, 5.74) is 1.31. The number of esters is 1. The van der Waals surface area contributed by atoms with E-state index in [9.17, 15) is 14.9 Å². The molecular weight excluding hydrogens is 400 g/mol. The molecule has 0 saturated carbocycles. The quantitative estimate of drug-likeness (QED) is 0.400. The molecule has 1 aromatic heterocycles. The highest BCUT2D eigenvalue weighted by molar-refractivity contribution is 6.32. The van der Waals surface area contributed by atoms with Crippen molar-refractivity contribution in [3.8, 4) is 11.3 Å². The number of piperazine rings is 1. The molecule has 0 radical (unpaired) electrons. The second-order valence-electron chi connectivity index (χ2n) is 6.64. The van der Waals surface area contributed by atoms with Gasteiger partial charge in [-0.05, 0) is 19.1 Å². The lowest BCUT2D eigenvalue weighted by Crippen LogP contribution is -2.47. The van der Waals surface area contributed by atoms with Gasteiger partial charge in [0.15, 0.2) is 0 Å². The molecular formula is C19H23ClN4O5. The highest BCUT2D eigenvalue weighted by Crippen LogP contribution is 2.33. The van der Waals surface area contributed by atoms with E-state index in [0.717, 1.165) is 13.1 Å². The molecule has 0 spiro atoms. The van der Waals surface area contributed by atoms with Crippen molar-refractivity contribution in [2.45, 2.75) is 6.92 Å². The highest BCUT2D eigenvalue weighted by Gasteiger charge is 2.25. The molecule has 1 aromatic carbocycles. The number of carbonyl (C=O) groups is 1. The van der Waals surface area contributed by atoms with Crippen LogP contribution in [0.3, 0.4) is 0 Å². The highest BCUT2D eigenvalue weighted by atomic mass is 35.5. The van der Waals surface area contributed by atoms with Crippen LogP contribution in [0.5, 0.6) is 0 Å². The lowest BCUT2D eigenvalue weighted by molar-refractivity contribution is -0.384. The summed E-state index contributed by atoms with van der Waals surface area (Å²) >= 11 is 5.91. The Bertz CT molecular complexity index is 893. The fourth-order valence-corrected chi connectivity index (χ4v) is 3.56. The summed E-state index contributed by atoms with van der Waals surface area (Å²) in [7, 11) is 0. The molecule has 1 saturated heterocycles. The molecule has 9 nitrogen and oxygen atoms in total. The van der Waals surface area contributed by atoms with Gasteiger partial charge in [-0.1, -0.05) is 17.7 Å². The van der Waals surface area contributed by atoms with Crippen molar-refractivity contribution < 1.29 is 19.6 Å². The average Bonchev–Trinajstić information content (AvgIpc) is 3.15. The number of nitrogens with zero attached hydrogens (tertiary/aromatic N) is 3. The van der Waals surface area contributed by atoms with E-state index in [2.05, 4.69) is 9.88 Å². The normalized spacial score (nSPS) is 14.8. The second kappa shape index (κ2) is 9.25. The molecule has 2 heterocycles. The Kier molecular flexibility index (Phi) is 6.73. The maximum atomic E-state index is 12.5. The van der Waals surface area contributed by atoms with E-state index >= 15 is 0 Å². The van der Waals surface area contributed by atoms with Crippen LogP contribution in [0.25, 0.3) is 11.3 Å². The van der Waals surface area contributed by atoms with E-state index in [1.54, 1.807) is 19.1 Å². The summed E-state index contributed by atoms with van der Waals surface area (Å²) in [5, 5.41) is 20.4. The van der Waals surface area contributed by atoms with Gasteiger partial charge in [-0.2, -0.15) is 0 Å². The number of H-pyrrole nitrogens is 1. The minimum atomic E-state index is -0.539. The van der Waals surface area contributed by atoms with E-state index in [0.29, 0.717) is 42.3 Å². The number of anilines is 1. The summed E-state index contributed by atoms with van der Waals surface area (Å²) < 4.78 is 5.19. The van der Waals surface area contributed by atoms with Crippen LogP contribution in [-0.2, 0) is 4.74 Å². The number of aliphatic hydroxyl groups excluding tert-OH is 1. The predicted molar refractivity (Wildman–Crippen MR) is 110 cm³/mol. The lowest BCUT2D eigenvalue weighted by atomic mass is 10.1. The minimum Gasteiger partial charge on any atom is -0.462 e. The Morgan fingerprint density at radius 2 is 2.03 bits per heavy atom. The summed E-state index contributed by atoms with van der Waals surface area (Å²) in [6, 6.07) is 6.17. The van der Waals surface area contributed by atoms with Gasteiger partial charge in [0.1, 0.15) is 16.4 Å². The van der Waals surface area contributed by atoms with Crippen LogP contribution in [0, 0.1) is 10.1 Å². The monoisotopic (exact) mass is 422 g/mol. The Hall–Kier alpha value is -2.62. The molecule has 0 bridgehead atoms. The molecule has 0 amide bonds. The minimum absolute atomic E-state index is 0.0520. The Morgan fingerprint density at radius 1 is 1.31 bits per heavy atom. The van der Waals surface area contributed by atoms with E-state index in [1.807, 2.05) is 4.90 Å². The lowest BCUT2D eigenvalue weighted by Gasteiger charge is -2.35. The zero-order valence-electron chi connectivity index (χ0n) is 16.1. The van der Waals surface area contributed by atoms with Crippen LogP contribution in [0.4, 0.5) is 11.5 Å². The van der Waals surface area contributed by atoms with Crippen LogP contribution >= 0.6 is 11.6 Å². The number of β-amino-alcohol motifs (C(OH)–C–C–N with tert-alkyl or cyclic N) is 1. The first kappa shape index (κ1) is 21.1. The molecule has 1 fully saturated rings. The number of benzene rings is 1. The number of nitrogens with one attached hydrogen (secondary N) is 1. The number of carbonyl (C=O) groups excluding carboxylic acids is 1. The fourth-order valence-electron chi connectivity index (χ4n) is 3.37. The number of hydrogen-bond acceptors (Lipinski definition) is 7. The average molecular weight is 423 g/mol. The number of hydrogen-bond donors (Lipinski definition) is 2. The summed E-state index contributed by atoms with van der Waals surface area (Å²) in [6.07, 6.45) is 0.